The molecule has 0 spiro atoms. The third-order valence-electron chi connectivity index (χ3n) is 2.56. The molecule has 0 amide bonds. The van der Waals surface area contributed by atoms with E-state index in [0.717, 1.165) is 25.3 Å². The second-order valence-electron chi connectivity index (χ2n) is 3.87. The van der Waals surface area contributed by atoms with E-state index >= 15 is 0 Å². The Balaban J connectivity index is 2.06. The molecule has 1 aromatic heterocycles. The third kappa shape index (κ3) is 2.53. The van der Waals surface area contributed by atoms with Crippen LogP contribution in [0.5, 0.6) is 0 Å². The lowest BCUT2D eigenvalue weighted by Crippen LogP contribution is -2.34. The molecule has 1 aliphatic heterocycles. The number of aromatic amines is 1. The van der Waals surface area contributed by atoms with Crippen molar-refractivity contribution in [1.82, 2.24) is 20.1 Å². The molecule has 2 heterocycles. The van der Waals surface area contributed by atoms with Crippen molar-refractivity contribution in [3.63, 3.8) is 0 Å². The molecule has 0 bridgehead atoms. The van der Waals surface area contributed by atoms with Crippen LogP contribution in [-0.4, -0.2) is 33.6 Å². The summed E-state index contributed by atoms with van der Waals surface area (Å²) in [5, 5.41) is 6.28. The summed E-state index contributed by atoms with van der Waals surface area (Å²) >= 11 is 1.51. The van der Waals surface area contributed by atoms with Crippen LogP contribution in [-0.2, 0) is 7.05 Å². The summed E-state index contributed by atoms with van der Waals surface area (Å²) in [5.41, 5.74) is -1.39. The highest BCUT2D eigenvalue weighted by molar-refractivity contribution is 7.99. The molecule has 1 saturated heterocycles. The normalized spacial score (nSPS) is 20.2. The lowest BCUT2D eigenvalue weighted by Gasteiger charge is -2.09. The van der Waals surface area contributed by atoms with E-state index in [2.05, 4.69) is 15.4 Å². The molecular weight excluding hydrogens is 228 g/mol. The summed E-state index contributed by atoms with van der Waals surface area (Å²) < 4.78 is 1.50. The van der Waals surface area contributed by atoms with Crippen molar-refractivity contribution < 1.29 is 0 Å². The lowest BCUT2D eigenvalue weighted by molar-refractivity contribution is 0.592. The van der Waals surface area contributed by atoms with E-state index < -0.39 is 11.1 Å². The molecule has 0 radical (unpaired) electrons. The van der Waals surface area contributed by atoms with Gasteiger partial charge in [-0.25, -0.2) is 0 Å². The van der Waals surface area contributed by atoms with Crippen LogP contribution in [0.3, 0.4) is 0 Å². The van der Waals surface area contributed by atoms with E-state index in [4.69, 9.17) is 0 Å². The number of aryl methyl sites for hydroxylation is 1. The summed E-state index contributed by atoms with van der Waals surface area (Å²) in [6.07, 6.45) is 1.16. The summed E-state index contributed by atoms with van der Waals surface area (Å²) in [7, 11) is 1.68. The second-order valence-corrected chi connectivity index (χ2v) is 4.86. The van der Waals surface area contributed by atoms with Gasteiger partial charge in [0.15, 0.2) is 5.16 Å². The van der Waals surface area contributed by atoms with Gasteiger partial charge in [0, 0.05) is 12.8 Å². The maximum atomic E-state index is 11.1. The van der Waals surface area contributed by atoms with Gasteiger partial charge in [-0.2, -0.15) is 4.98 Å². The van der Waals surface area contributed by atoms with Crippen molar-refractivity contribution >= 4 is 11.8 Å². The molecule has 0 aliphatic carbocycles. The van der Waals surface area contributed by atoms with Gasteiger partial charge in [-0.3, -0.25) is 19.4 Å². The monoisotopic (exact) mass is 242 g/mol. The van der Waals surface area contributed by atoms with Crippen molar-refractivity contribution in [2.75, 3.05) is 18.8 Å². The van der Waals surface area contributed by atoms with Crippen molar-refractivity contribution in [3.05, 3.63) is 20.7 Å². The number of nitrogens with one attached hydrogen (secondary N) is 2. The minimum atomic E-state index is -0.717. The molecule has 2 rings (SSSR count). The van der Waals surface area contributed by atoms with Crippen molar-refractivity contribution in [2.45, 2.75) is 11.6 Å². The quantitative estimate of drug-likeness (QED) is 0.534. The van der Waals surface area contributed by atoms with Crippen LogP contribution < -0.4 is 16.4 Å². The average Bonchev–Trinajstić information content (AvgIpc) is 2.74. The molecule has 1 aliphatic rings. The fourth-order valence-corrected chi connectivity index (χ4v) is 2.69. The number of aromatic nitrogens is 3. The topological polar surface area (TPSA) is 79.8 Å². The zero-order valence-corrected chi connectivity index (χ0v) is 9.84. The van der Waals surface area contributed by atoms with Gasteiger partial charge in [0.1, 0.15) is 0 Å². The van der Waals surface area contributed by atoms with Gasteiger partial charge in [0.05, 0.1) is 0 Å². The van der Waals surface area contributed by atoms with Crippen LogP contribution in [0.4, 0.5) is 0 Å². The highest BCUT2D eigenvalue weighted by Crippen LogP contribution is 2.19. The maximum Gasteiger partial charge on any atom is 0.339 e. The lowest BCUT2D eigenvalue weighted by atomic mass is 10.2. The molecule has 16 heavy (non-hydrogen) atoms. The molecule has 2 N–H and O–H groups in total. The number of hydrogen-bond acceptors (Lipinski definition) is 5. The largest absolute Gasteiger partial charge is 0.339 e. The summed E-state index contributed by atoms with van der Waals surface area (Å²) in [5.74, 6) is 1.54. The minimum Gasteiger partial charge on any atom is -0.316 e. The van der Waals surface area contributed by atoms with Crippen molar-refractivity contribution in [1.29, 1.82) is 0 Å². The van der Waals surface area contributed by atoms with E-state index in [-0.39, 0.29) is 0 Å². The van der Waals surface area contributed by atoms with Gasteiger partial charge in [0.25, 0.3) is 0 Å². The smallest absolute Gasteiger partial charge is 0.316 e. The Morgan fingerprint density at radius 2 is 2.38 bits per heavy atom. The van der Waals surface area contributed by atoms with Crippen molar-refractivity contribution in [2.24, 2.45) is 13.0 Å². The number of rotatable bonds is 3. The Labute approximate surface area is 96.4 Å². The molecule has 1 atom stereocenters. The highest BCUT2D eigenvalue weighted by atomic mass is 32.2. The zero-order valence-electron chi connectivity index (χ0n) is 9.02. The fourth-order valence-electron chi connectivity index (χ4n) is 1.64. The zero-order chi connectivity index (χ0) is 11.5. The number of nitrogens with zero attached hydrogens (tertiary/aromatic N) is 2. The number of thioether (sulfide) groups is 1. The van der Waals surface area contributed by atoms with E-state index in [9.17, 15) is 9.59 Å². The van der Waals surface area contributed by atoms with Crippen LogP contribution in [0.1, 0.15) is 6.42 Å². The van der Waals surface area contributed by atoms with Gasteiger partial charge in [-0.05, 0) is 25.4 Å². The molecule has 0 aromatic carbocycles. The molecule has 88 valence electrons. The first-order valence-corrected chi connectivity index (χ1v) is 6.16. The Kier molecular flexibility index (Phi) is 3.45. The summed E-state index contributed by atoms with van der Waals surface area (Å²) in [6, 6.07) is 0. The van der Waals surface area contributed by atoms with Crippen LogP contribution in [0.15, 0.2) is 14.7 Å². The van der Waals surface area contributed by atoms with Crippen LogP contribution in [0.25, 0.3) is 0 Å². The van der Waals surface area contributed by atoms with E-state index in [1.807, 2.05) is 0 Å². The number of hydrogen-bond donors (Lipinski definition) is 2. The SMILES string of the molecule is Cn1[nH]c(=O)c(=O)nc1SCC1CCNC1. The Morgan fingerprint density at radius 1 is 1.56 bits per heavy atom. The van der Waals surface area contributed by atoms with Crippen LogP contribution in [0.2, 0.25) is 0 Å². The summed E-state index contributed by atoms with van der Waals surface area (Å²) in [6.45, 7) is 2.08. The first-order chi connectivity index (χ1) is 7.66. The first-order valence-electron chi connectivity index (χ1n) is 5.17. The molecular formula is C9H14N4O2S. The third-order valence-corrected chi connectivity index (χ3v) is 3.82. The van der Waals surface area contributed by atoms with Gasteiger partial charge < -0.3 is 5.32 Å². The molecule has 0 saturated carbocycles. The summed E-state index contributed by atoms with van der Waals surface area (Å²) in [4.78, 5) is 25.8. The van der Waals surface area contributed by atoms with Gasteiger partial charge in [-0.1, -0.05) is 11.8 Å². The fraction of sp³-hybridized carbons (Fsp3) is 0.667. The van der Waals surface area contributed by atoms with E-state index in [1.165, 1.54) is 16.4 Å². The van der Waals surface area contributed by atoms with Gasteiger partial charge in [-0.15, -0.1) is 0 Å². The minimum absolute atomic E-state index is 0.566. The molecule has 7 heteroatoms. The predicted octanol–water partition coefficient (Wildman–Crippen LogP) is -0.830. The predicted molar refractivity (Wildman–Crippen MR) is 61.8 cm³/mol. The molecule has 6 nitrogen and oxygen atoms in total. The Morgan fingerprint density at radius 3 is 3.06 bits per heavy atom. The second kappa shape index (κ2) is 4.84. The first kappa shape index (κ1) is 11.4. The molecule has 1 unspecified atom stereocenters. The number of H-pyrrole nitrogens is 1. The Bertz CT molecular complexity index is 475. The van der Waals surface area contributed by atoms with Crippen LogP contribution >= 0.6 is 11.8 Å². The maximum absolute atomic E-state index is 11.1. The van der Waals surface area contributed by atoms with Gasteiger partial charge >= 0.3 is 11.1 Å². The van der Waals surface area contributed by atoms with E-state index in [0.29, 0.717) is 11.1 Å². The van der Waals surface area contributed by atoms with Crippen LogP contribution in [0, 0.1) is 5.92 Å². The highest BCUT2D eigenvalue weighted by Gasteiger charge is 2.15. The molecule has 1 fully saturated rings. The molecule has 1 aromatic rings. The Hall–Kier alpha value is -1.08. The standard InChI is InChI=1S/C9H14N4O2S/c1-13-9(11-7(14)8(15)12-13)16-5-6-2-3-10-4-6/h6,10H,2-5H2,1H3,(H,12,15). The average molecular weight is 242 g/mol. The van der Waals surface area contributed by atoms with Gasteiger partial charge in [0.2, 0.25) is 0 Å². The van der Waals surface area contributed by atoms with Crippen molar-refractivity contribution in [3.8, 4) is 0 Å². The van der Waals surface area contributed by atoms with E-state index in [1.54, 1.807) is 7.05 Å².